The summed E-state index contributed by atoms with van der Waals surface area (Å²) in [6.07, 6.45) is 0. The number of hydrogen-bond acceptors (Lipinski definition) is 5. The van der Waals surface area contributed by atoms with Gasteiger partial charge in [0.25, 0.3) is 0 Å². The van der Waals surface area contributed by atoms with Gasteiger partial charge in [-0.25, -0.2) is 0 Å². The van der Waals surface area contributed by atoms with E-state index in [0.717, 1.165) is 5.56 Å². The maximum absolute atomic E-state index is 11.8. The first-order valence-electron chi connectivity index (χ1n) is 5.86. The predicted octanol–water partition coefficient (Wildman–Crippen LogP) is 0.820. The molecule has 2 rings (SSSR count). The molecular formula is C13H17NO4. The summed E-state index contributed by atoms with van der Waals surface area (Å²) in [7, 11) is 0. The van der Waals surface area contributed by atoms with Crippen LogP contribution in [0.2, 0.25) is 0 Å². The number of carbonyl (C=O) groups is 1. The summed E-state index contributed by atoms with van der Waals surface area (Å²) in [6, 6.07) is 8.48. The second kappa shape index (κ2) is 5.48. The average Bonchev–Trinajstić information content (AvgIpc) is 2.84. The van der Waals surface area contributed by atoms with Gasteiger partial charge >= 0.3 is 5.97 Å². The average molecular weight is 251 g/mol. The third kappa shape index (κ3) is 2.87. The summed E-state index contributed by atoms with van der Waals surface area (Å²) in [5.41, 5.74) is 6.71. The third-order valence-corrected chi connectivity index (χ3v) is 2.90. The van der Waals surface area contributed by atoms with Crippen LogP contribution in [0.4, 0.5) is 0 Å². The summed E-state index contributed by atoms with van der Waals surface area (Å²) in [6.45, 7) is 2.73. The molecule has 1 fully saturated rings. The minimum Gasteiger partial charge on any atom is -0.460 e. The zero-order valence-electron chi connectivity index (χ0n) is 10.3. The zero-order valence-corrected chi connectivity index (χ0v) is 10.3. The summed E-state index contributed by atoms with van der Waals surface area (Å²) in [5.74, 6) is -1.60. The quantitative estimate of drug-likeness (QED) is 0.802. The standard InChI is InChI=1S/C13H17NO4/c1-13(17-7-8-18-13)11(14)12(15)16-9-10-5-3-2-4-6-10/h2-6,11H,7-9,14H2,1H3. The van der Waals surface area contributed by atoms with E-state index in [4.69, 9.17) is 19.9 Å². The highest BCUT2D eigenvalue weighted by molar-refractivity contribution is 5.76. The van der Waals surface area contributed by atoms with Crippen LogP contribution in [0.5, 0.6) is 0 Å². The molecule has 0 aliphatic carbocycles. The van der Waals surface area contributed by atoms with Crippen LogP contribution in [-0.4, -0.2) is 31.0 Å². The lowest BCUT2D eigenvalue weighted by Gasteiger charge is -2.27. The molecule has 0 saturated carbocycles. The lowest BCUT2D eigenvalue weighted by molar-refractivity contribution is -0.183. The van der Waals surface area contributed by atoms with Gasteiger partial charge in [-0.2, -0.15) is 0 Å². The Kier molecular flexibility index (Phi) is 3.96. The van der Waals surface area contributed by atoms with Gasteiger partial charge in [0.1, 0.15) is 6.61 Å². The second-order valence-corrected chi connectivity index (χ2v) is 4.28. The van der Waals surface area contributed by atoms with E-state index in [0.29, 0.717) is 13.2 Å². The topological polar surface area (TPSA) is 70.8 Å². The molecule has 5 nitrogen and oxygen atoms in total. The van der Waals surface area contributed by atoms with E-state index in [9.17, 15) is 4.79 Å². The summed E-state index contributed by atoms with van der Waals surface area (Å²) in [4.78, 5) is 11.8. The van der Waals surface area contributed by atoms with Crippen LogP contribution in [0.1, 0.15) is 12.5 Å². The highest BCUT2D eigenvalue weighted by Crippen LogP contribution is 2.22. The molecule has 1 aromatic rings. The Morgan fingerprint density at radius 2 is 2.00 bits per heavy atom. The molecule has 2 N–H and O–H groups in total. The van der Waals surface area contributed by atoms with Gasteiger partial charge < -0.3 is 19.9 Å². The lowest BCUT2D eigenvalue weighted by atomic mass is 10.1. The minimum atomic E-state index is -1.08. The molecule has 0 amide bonds. The fraction of sp³-hybridized carbons (Fsp3) is 0.462. The van der Waals surface area contributed by atoms with Crippen LogP contribution in [0.3, 0.4) is 0 Å². The van der Waals surface area contributed by atoms with E-state index < -0.39 is 17.8 Å². The summed E-state index contributed by atoms with van der Waals surface area (Å²) >= 11 is 0. The Morgan fingerprint density at radius 1 is 1.39 bits per heavy atom. The Hall–Kier alpha value is -1.43. The van der Waals surface area contributed by atoms with Gasteiger partial charge in [-0.05, 0) is 12.5 Å². The smallest absolute Gasteiger partial charge is 0.328 e. The number of esters is 1. The molecule has 5 heteroatoms. The predicted molar refractivity (Wildman–Crippen MR) is 64.5 cm³/mol. The zero-order chi connectivity index (χ0) is 13.0. The third-order valence-electron chi connectivity index (χ3n) is 2.90. The van der Waals surface area contributed by atoms with Gasteiger partial charge in [0, 0.05) is 0 Å². The van der Waals surface area contributed by atoms with E-state index in [-0.39, 0.29) is 6.61 Å². The molecule has 98 valence electrons. The van der Waals surface area contributed by atoms with Gasteiger partial charge in [0.05, 0.1) is 13.2 Å². The van der Waals surface area contributed by atoms with Crippen LogP contribution in [0, 0.1) is 0 Å². The van der Waals surface area contributed by atoms with Gasteiger partial charge in [-0.3, -0.25) is 4.79 Å². The summed E-state index contributed by atoms with van der Waals surface area (Å²) < 4.78 is 15.8. The van der Waals surface area contributed by atoms with Gasteiger partial charge in [-0.1, -0.05) is 30.3 Å². The molecule has 1 aromatic carbocycles. The SMILES string of the molecule is CC1(C(N)C(=O)OCc2ccccc2)OCCO1. The lowest BCUT2D eigenvalue weighted by Crippen LogP contribution is -2.52. The van der Waals surface area contributed by atoms with Gasteiger partial charge in [-0.15, -0.1) is 0 Å². The van der Waals surface area contributed by atoms with Crippen LogP contribution in [0.15, 0.2) is 30.3 Å². The number of ether oxygens (including phenoxy) is 3. The molecular weight excluding hydrogens is 234 g/mol. The summed E-state index contributed by atoms with van der Waals surface area (Å²) in [5, 5.41) is 0. The van der Waals surface area contributed by atoms with Crippen molar-refractivity contribution in [1.29, 1.82) is 0 Å². The van der Waals surface area contributed by atoms with Crippen molar-refractivity contribution in [2.45, 2.75) is 25.4 Å². The first-order chi connectivity index (χ1) is 8.62. The van der Waals surface area contributed by atoms with Crippen molar-refractivity contribution < 1.29 is 19.0 Å². The first kappa shape index (κ1) is 13.0. The van der Waals surface area contributed by atoms with Crippen molar-refractivity contribution in [3.8, 4) is 0 Å². The molecule has 0 bridgehead atoms. The number of rotatable bonds is 4. The Morgan fingerprint density at radius 3 is 2.61 bits per heavy atom. The molecule has 0 radical (unpaired) electrons. The molecule has 1 aliphatic heterocycles. The van der Waals surface area contributed by atoms with Crippen LogP contribution < -0.4 is 5.73 Å². The van der Waals surface area contributed by atoms with Crippen molar-refractivity contribution in [2.75, 3.05) is 13.2 Å². The molecule has 1 saturated heterocycles. The number of nitrogens with two attached hydrogens (primary N) is 1. The Labute approximate surface area is 106 Å². The van der Waals surface area contributed by atoms with E-state index >= 15 is 0 Å². The molecule has 0 aromatic heterocycles. The Bertz CT molecular complexity index is 401. The normalized spacial score (nSPS) is 19.4. The van der Waals surface area contributed by atoms with Crippen molar-refractivity contribution >= 4 is 5.97 Å². The fourth-order valence-corrected chi connectivity index (χ4v) is 1.74. The van der Waals surface area contributed by atoms with Crippen LogP contribution >= 0.6 is 0 Å². The van der Waals surface area contributed by atoms with E-state index in [1.165, 1.54) is 0 Å². The van der Waals surface area contributed by atoms with Crippen LogP contribution in [0.25, 0.3) is 0 Å². The highest BCUT2D eigenvalue weighted by atomic mass is 16.7. The van der Waals surface area contributed by atoms with E-state index in [2.05, 4.69) is 0 Å². The number of carbonyl (C=O) groups excluding carboxylic acids is 1. The largest absolute Gasteiger partial charge is 0.460 e. The fourth-order valence-electron chi connectivity index (χ4n) is 1.74. The van der Waals surface area contributed by atoms with E-state index in [1.807, 2.05) is 30.3 Å². The number of hydrogen-bond donors (Lipinski definition) is 1. The highest BCUT2D eigenvalue weighted by Gasteiger charge is 2.42. The van der Waals surface area contributed by atoms with Crippen molar-refractivity contribution in [2.24, 2.45) is 5.73 Å². The Balaban J connectivity index is 1.88. The first-order valence-corrected chi connectivity index (χ1v) is 5.86. The second-order valence-electron chi connectivity index (χ2n) is 4.28. The van der Waals surface area contributed by atoms with Gasteiger partial charge in [0.15, 0.2) is 11.8 Å². The maximum atomic E-state index is 11.8. The minimum absolute atomic E-state index is 0.198. The van der Waals surface area contributed by atoms with Crippen molar-refractivity contribution in [3.63, 3.8) is 0 Å². The monoisotopic (exact) mass is 251 g/mol. The molecule has 1 atom stereocenters. The molecule has 1 aliphatic rings. The van der Waals surface area contributed by atoms with Crippen molar-refractivity contribution in [1.82, 2.24) is 0 Å². The molecule has 0 spiro atoms. The van der Waals surface area contributed by atoms with E-state index in [1.54, 1.807) is 6.92 Å². The van der Waals surface area contributed by atoms with Crippen molar-refractivity contribution in [3.05, 3.63) is 35.9 Å². The molecule has 1 heterocycles. The van der Waals surface area contributed by atoms with Gasteiger partial charge in [0.2, 0.25) is 0 Å². The maximum Gasteiger partial charge on any atom is 0.328 e. The number of benzene rings is 1. The molecule has 1 unspecified atom stereocenters. The molecule has 18 heavy (non-hydrogen) atoms. The van der Waals surface area contributed by atoms with Crippen LogP contribution in [-0.2, 0) is 25.6 Å².